The Labute approximate surface area is 429 Å². The van der Waals surface area contributed by atoms with Gasteiger partial charge in [0.25, 0.3) is 5.69 Å². The van der Waals surface area contributed by atoms with Crippen molar-refractivity contribution in [1.82, 2.24) is 9.88 Å². The fourth-order valence-electron chi connectivity index (χ4n) is 11.1. The van der Waals surface area contributed by atoms with Crippen LogP contribution in [-0.4, -0.2) is 63.0 Å². The van der Waals surface area contributed by atoms with Crippen molar-refractivity contribution in [3.05, 3.63) is 207 Å². The fourth-order valence-corrected chi connectivity index (χ4v) is 11.9. The normalized spacial score (nSPS) is 22.0. The van der Waals surface area contributed by atoms with Gasteiger partial charge in [-0.25, -0.2) is 14.7 Å². The molecule has 0 radical (unpaired) electrons. The number of para-hydroxylation sites is 2. The molecule has 1 spiro atoms. The maximum atomic E-state index is 16.8. The highest BCUT2D eigenvalue weighted by atomic mass is 32.1. The second kappa shape index (κ2) is 20.2. The van der Waals surface area contributed by atoms with Crippen molar-refractivity contribution in [2.24, 2.45) is 5.92 Å². The number of imide groups is 1. The Balaban J connectivity index is 1.18. The Morgan fingerprint density at radius 2 is 1.59 bits per heavy atom. The van der Waals surface area contributed by atoms with Crippen LogP contribution in [0.1, 0.15) is 77.3 Å². The summed E-state index contributed by atoms with van der Waals surface area (Å²) in [5.74, 6) is 2.82. The van der Waals surface area contributed by atoms with Crippen LogP contribution in [0.25, 0.3) is 10.2 Å². The largest absolute Gasteiger partial charge is 0.491 e. The molecule has 1 aliphatic carbocycles. The maximum absolute atomic E-state index is 16.8. The number of ether oxygens (including phenoxy) is 3. The number of carbonyl (C=O) groups excluding carboxylic acids is 4. The molecule has 370 valence electrons. The minimum absolute atomic E-state index is 0.0896. The first-order valence-electron chi connectivity index (χ1n) is 24.3. The van der Waals surface area contributed by atoms with E-state index in [1.807, 2.05) is 89.8 Å². The van der Waals surface area contributed by atoms with Crippen LogP contribution in [0.5, 0.6) is 5.75 Å². The van der Waals surface area contributed by atoms with E-state index < -0.39 is 64.4 Å². The number of benzene rings is 6. The molecule has 7 aromatic rings. The number of aliphatic hydroxyl groups is 1. The van der Waals surface area contributed by atoms with Crippen LogP contribution < -0.4 is 15.0 Å². The lowest BCUT2D eigenvalue weighted by atomic mass is 9.65. The van der Waals surface area contributed by atoms with E-state index in [0.717, 1.165) is 40.9 Å². The monoisotopic (exact) mass is 1010 g/mol. The molecule has 16 heteroatoms. The zero-order valence-electron chi connectivity index (χ0n) is 39.7. The molecule has 3 amide bonds. The summed E-state index contributed by atoms with van der Waals surface area (Å²) in [5, 5.41) is 24.9. The quantitative estimate of drug-likeness (QED) is 0.0541. The number of nitrogens with zero attached hydrogens (tertiary/aromatic N) is 4. The smallest absolute Gasteiger partial charge is 0.421 e. The summed E-state index contributed by atoms with van der Waals surface area (Å²) in [7, 11) is 0. The van der Waals surface area contributed by atoms with Crippen molar-refractivity contribution < 1.29 is 43.4 Å². The number of nitro groups is 1. The number of anilines is 2. The van der Waals surface area contributed by atoms with E-state index >= 15 is 19.2 Å². The summed E-state index contributed by atoms with van der Waals surface area (Å²) in [6.07, 6.45) is 3.78. The molecule has 4 heterocycles. The highest BCUT2D eigenvalue weighted by Gasteiger charge is 2.76. The number of morpholine rings is 1. The van der Waals surface area contributed by atoms with E-state index in [2.05, 4.69) is 23.2 Å². The number of nitro benzene ring substituents is 1. The Morgan fingerprint density at radius 3 is 2.32 bits per heavy atom. The number of non-ortho nitro benzene ring substituents is 1. The molecule has 0 bridgehead atoms. The lowest BCUT2D eigenvalue weighted by molar-refractivity contribution is -0.384. The van der Waals surface area contributed by atoms with Gasteiger partial charge in [-0.15, -0.1) is 0 Å². The number of fused-ring (bicyclic) bond motifs is 4. The zero-order valence-corrected chi connectivity index (χ0v) is 40.5. The third-order valence-corrected chi connectivity index (χ3v) is 15.1. The number of rotatable bonds is 11. The summed E-state index contributed by atoms with van der Waals surface area (Å²) in [5.41, 5.74) is 2.17. The zero-order chi connectivity index (χ0) is 50.9. The van der Waals surface area contributed by atoms with Gasteiger partial charge < -0.3 is 24.6 Å². The number of cyclic esters (lactones) is 1. The summed E-state index contributed by atoms with van der Waals surface area (Å²) < 4.78 is 19.7. The molecule has 6 atom stereocenters. The van der Waals surface area contributed by atoms with Crippen molar-refractivity contribution >= 4 is 61.9 Å². The van der Waals surface area contributed by atoms with Gasteiger partial charge in [0.1, 0.15) is 36.5 Å². The van der Waals surface area contributed by atoms with Gasteiger partial charge in [0.15, 0.2) is 5.13 Å². The Hall–Kier alpha value is -8.49. The number of thiazole rings is 1. The minimum atomic E-state index is -2.19. The van der Waals surface area contributed by atoms with Crippen LogP contribution in [-0.2, 0) is 35.9 Å². The van der Waals surface area contributed by atoms with Crippen LogP contribution >= 0.6 is 11.3 Å². The van der Waals surface area contributed by atoms with Crippen molar-refractivity contribution in [1.29, 1.82) is 0 Å². The van der Waals surface area contributed by atoms with Gasteiger partial charge in [0.05, 0.1) is 45.4 Å². The first-order chi connectivity index (χ1) is 36.1. The topological polar surface area (TPSA) is 191 Å². The van der Waals surface area contributed by atoms with Crippen molar-refractivity contribution in [2.75, 3.05) is 23.4 Å². The predicted molar refractivity (Wildman–Crippen MR) is 276 cm³/mol. The molecule has 1 aromatic heterocycles. The average Bonchev–Trinajstić information content (AvgIpc) is 4.13. The maximum Gasteiger partial charge on any atom is 0.421 e. The minimum Gasteiger partial charge on any atom is -0.491 e. The number of allylic oxidation sites excluding steroid dienone is 2. The van der Waals surface area contributed by atoms with Crippen LogP contribution in [0.3, 0.4) is 0 Å². The molecule has 3 aliphatic heterocycles. The van der Waals surface area contributed by atoms with Gasteiger partial charge in [0, 0.05) is 23.3 Å². The van der Waals surface area contributed by atoms with E-state index in [9.17, 15) is 15.2 Å². The summed E-state index contributed by atoms with van der Waals surface area (Å²) in [6, 6.07) is 39.9. The highest BCUT2D eigenvalue weighted by molar-refractivity contribution is 7.22. The van der Waals surface area contributed by atoms with E-state index in [0.29, 0.717) is 33.3 Å². The Morgan fingerprint density at radius 1 is 0.865 bits per heavy atom. The van der Waals surface area contributed by atoms with E-state index in [1.54, 1.807) is 42.5 Å². The molecular formula is C58H47N5O10S. The molecule has 0 unspecified atom stereocenters. The summed E-state index contributed by atoms with van der Waals surface area (Å²) >= 11 is 1.22. The third-order valence-electron chi connectivity index (χ3n) is 14.2. The molecule has 0 saturated carbocycles. The Kier molecular flexibility index (Phi) is 13.0. The first-order valence-corrected chi connectivity index (χ1v) is 25.1. The van der Waals surface area contributed by atoms with Crippen molar-refractivity contribution in [3.8, 4) is 17.6 Å². The number of esters is 1. The molecule has 2 N–H and O–H groups in total. The average molecular weight is 1010 g/mol. The van der Waals surface area contributed by atoms with Crippen molar-refractivity contribution in [3.63, 3.8) is 0 Å². The molecule has 11 rings (SSSR count). The highest BCUT2D eigenvalue weighted by Crippen LogP contribution is 2.67. The van der Waals surface area contributed by atoms with Gasteiger partial charge in [-0.1, -0.05) is 120 Å². The lowest BCUT2D eigenvalue weighted by Gasteiger charge is -2.46. The SMILES string of the molecule is O=C1O[C@@H](c2ccccc2)[C@@H](c2ccccc2)N2[C@@H](c3ccccc3OCCO)[C@]3(C(=O)N(C(=O)OCc4ccc([N+](=O)[O-])cc4)c4ccc(C#CC5=CCCCC5)cc43)[C@@H](C(=O)Nc3nc4ccccc4s3)[C@H]12. The number of hydrogen-bond donors (Lipinski definition) is 2. The Bertz CT molecular complexity index is 3390. The van der Waals surface area contributed by atoms with Crippen LogP contribution in [0.2, 0.25) is 0 Å². The number of aliphatic hydroxyl groups excluding tert-OH is 1. The van der Waals surface area contributed by atoms with Gasteiger partial charge in [-0.3, -0.25) is 29.4 Å². The molecular weight excluding hydrogens is 959 g/mol. The van der Waals surface area contributed by atoms with E-state index in [1.165, 1.54) is 35.6 Å². The first kappa shape index (κ1) is 47.8. The summed E-state index contributed by atoms with van der Waals surface area (Å²) in [6.45, 7) is -0.868. The molecule has 6 aromatic carbocycles. The standard InChI is InChI=1S/C58H47N5O10S/c64-32-33-71-46-22-12-10-20-42(46)52-58(43-34-37(25-24-36-14-4-1-5-15-36)28-31-45(43)61(55(58)67)57(68)72-35-38-26-29-41(30-27-38)63(69)70)48(53(65)60-56-59-44-21-11-13-23-47(44)74-56)50-54(66)73-51(40-18-8-3-9-19-40)49(62(50)52)39-16-6-2-7-17-39/h2-3,6-14,16-23,26-31,34,48-52,64H,1,4-5,15,32-33,35H2,(H,59,60,65)/t48-,49-,50-,51+,52+,58-/m1/s1. The molecule has 74 heavy (non-hydrogen) atoms. The lowest BCUT2D eigenvalue weighted by Crippen LogP contribution is -2.54. The van der Waals surface area contributed by atoms with Gasteiger partial charge in [-0.2, -0.15) is 0 Å². The second-order valence-corrected chi connectivity index (χ2v) is 19.5. The van der Waals surface area contributed by atoms with Gasteiger partial charge in [-0.05, 0) is 102 Å². The summed E-state index contributed by atoms with van der Waals surface area (Å²) in [4.78, 5) is 82.0. The number of aromatic nitrogens is 1. The molecule has 15 nitrogen and oxygen atoms in total. The number of amides is 3. The third kappa shape index (κ3) is 8.54. The number of hydrogen-bond acceptors (Lipinski definition) is 13. The van der Waals surface area contributed by atoms with E-state index in [-0.39, 0.29) is 47.6 Å². The van der Waals surface area contributed by atoms with E-state index in [4.69, 9.17) is 19.2 Å². The van der Waals surface area contributed by atoms with Crippen LogP contribution in [0.15, 0.2) is 163 Å². The fraction of sp³-hybridized carbons (Fsp3) is 0.224. The number of carbonyl (C=O) groups is 4. The van der Waals surface area contributed by atoms with Crippen LogP contribution in [0, 0.1) is 27.9 Å². The number of nitrogens with one attached hydrogen (secondary N) is 1. The van der Waals surface area contributed by atoms with Gasteiger partial charge >= 0.3 is 12.1 Å². The molecule has 4 aliphatic rings. The predicted octanol–water partition coefficient (Wildman–Crippen LogP) is 10.1. The van der Waals surface area contributed by atoms with Crippen LogP contribution in [0.4, 0.5) is 21.3 Å². The van der Waals surface area contributed by atoms with Crippen molar-refractivity contribution in [2.45, 2.75) is 61.9 Å². The molecule has 2 saturated heterocycles. The second-order valence-electron chi connectivity index (χ2n) is 18.4. The molecule has 2 fully saturated rings. The van der Waals surface area contributed by atoms with Gasteiger partial charge in [0.2, 0.25) is 11.8 Å².